The van der Waals surface area contributed by atoms with E-state index in [4.69, 9.17) is 4.74 Å². The largest absolute Gasteiger partial charge is 0.416 e. The Hall–Kier alpha value is -2.89. The van der Waals surface area contributed by atoms with E-state index < -0.39 is 21.8 Å². The van der Waals surface area contributed by atoms with Crippen LogP contribution in [-0.2, 0) is 41.1 Å². The van der Waals surface area contributed by atoms with E-state index >= 15 is 0 Å². The summed E-state index contributed by atoms with van der Waals surface area (Å²) in [6.45, 7) is 2.95. The minimum absolute atomic E-state index is 0.101. The summed E-state index contributed by atoms with van der Waals surface area (Å²) in [5.74, 6) is 0. The van der Waals surface area contributed by atoms with Crippen molar-refractivity contribution >= 4 is 15.7 Å². The number of fused-ring (bicyclic) bond motifs is 1. The molecule has 0 amide bonds. The number of rotatable bonds is 7. The van der Waals surface area contributed by atoms with E-state index in [1.165, 1.54) is 4.31 Å². The fraction of sp³-hybridized carbons (Fsp3) is 0.464. The van der Waals surface area contributed by atoms with Crippen molar-refractivity contribution in [1.29, 1.82) is 0 Å². The minimum atomic E-state index is -4.55. The van der Waals surface area contributed by atoms with E-state index in [1.54, 1.807) is 6.33 Å². The maximum atomic E-state index is 13.9. The third kappa shape index (κ3) is 6.00. The van der Waals surface area contributed by atoms with Crippen LogP contribution in [-0.4, -0.2) is 47.6 Å². The van der Waals surface area contributed by atoms with Crippen molar-refractivity contribution in [1.82, 2.24) is 13.9 Å². The van der Waals surface area contributed by atoms with Gasteiger partial charge >= 0.3 is 6.18 Å². The van der Waals surface area contributed by atoms with Crippen molar-refractivity contribution < 1.29 is 26.3 Å². The Morgan fingerprint density at radius 2 is 1.79 bits per heavy atom. The molecule has 1 atom stereocenters. The van der Waals surface area contributed by atoms with Crippen molar-refractivity contribution in [2.45, 2.75) is 68.9 Å². The number of sulfonamides is 1. The van der Waals surface area contributed by atoms with Crippen LogP contribution >= 0.6 is 0 Å². The lowest BCUT2D eigenvalue weighted by Crippen LogP contribution is -2.46. The van der Waals surface area contributed by atoms with E-state index in [-0.39, 0.29) is 30.1 Å². The molecule has 1 aliphatic carbocycles. The third-order valence-electron chi connectivity index (χ3n) is 7.62. The number of hydrogen-bond donors (Lipinski definition) is 0. The van der Waals surface area contributed by atoms with E-state index in [9.17, 15) is 21.6 Å². The van der Waals surface area contributed by atoms with Crippen molar-refractivity contribution in [2.75, 3.05) is 18.1 Å². The van der Waals surface area contributed by atoms with Gasteiger partial charge in [-0.25, -0.2) is 13.4 Å². The predicted octanol–water partition coefficient (Wildman–Crippen LogP) is 5.29. The highest BCUT2D eigenvalue weighted by atomic mass is 32.2. The second-order valence-corrected chi connectivity index (χ2v) is 12.4. The molecule has 1 fully saturated rings. The summed E-state index contributed by atoms with van der Waals surface area (Å²) in [5.41, 5.74) is 2.65. The van der Waals surface area contributed by atoms with Gasteiger partial charge in [-0.3, -0.25) is 0 Å². The van der Waals surface area contributed by atoms with Crippen molar-refractivity contribution in [3.05, 3.63) is 77.4 Å². The lowest BCUT2D eigenvalue weighted by atomic mass is 10.1. The van der Waals surface area contributed by atoms with Crippen LogP contribution in [0.2, 0.25) is 0 Å². The molecule has 1 unspecified atom stereocenters. The fourth-order valence-corrected chi connectivity index (χ4v) is 6.91. The first-order valence-electron chi connectivity index (χ1n) is 13.1. The highest BCUT2D eigenvalue weighted by Crippen LogP contribution is 2.35. The van der Waals surface area contributed by atoms with Crippen molar-refractivity contribution in [3.63, 3.8) is 0 Å². The first-order chi connectivity index (χ1) is 18.5. The number of nitrogens with zero attached hydrogens (tertiary/aromatic N) is 4. The first kappa shape index (κ1) is 27.7. The molecule has 0 bridgehead atoms. The molecular weight excluding hydrogens is 529 g/mol. The second kappa shape index (κ2) is 10.9. The van der Waals surface area contributed by atoms with Crippen LogP contribution in [0.25, 0.3) is 0 Å². The van der Waals surface area contributed by atoms with Gasteiger partial charge in [0.25, 0.3) is 0 Å². The van der Waals surface area contributed by atoms with Gasteiger partial charge in [-0.15, -0.1) is 0 Å². The molecule has 1 saturated carbocycles. The Morgan fingerprint density at radius 1 is 1.08 bits per heavy atom. The number of anilines is 1. The number of aromatic nitrogens is 2. The Balaban J connectivity index is 1.53. The number of ether oxygens (including phenoxy) is 1. The number of imidazole rings is 1. The molecule has 0 saturated heterocycles. The Bertz CT molecular complexity index is 1400. The van der Waals surface area contributed by atoms with Gasteiger partial charge in [-0.05, 0) is 61.2 Å². The fourth-order valence-electron chi connectivity index (χ4n) is 5.46. The Labute approximate surface area is 227 Å². The number of aryl methyl sites for hydroxylation is 2. The molecule has 39 heavy (non-hydrogen) atoms. The van der Waals surface area contributed by atoms with Gasteiger partial charge in [0.1, 0.15) is 0 Å². The van der Waals surface area contributed by atoms with Crippen LogP contribution in [0.15, 0.2) is 59.9 Å². The van der Waals surface area contributed by atoms with Crippen molar-refractivity contribution in [3.8, 4) is 0 Å². The quantitative estimate of drug-likeness (QED) is 0.392. The predicted molar refractivity (Wildman–Crippen MR) is 142 cm³/mol. The summed E-state index contributed by atoms with van der Waals surface area (Å²) < 4.78 is 76.7. The average Bonchev–Trinajstić information content (AvgIpc) is 3.53. The van der Waals surface area contributed by atoms with Crippen molar-refractivity contribution in [2.24, 2.45) is 7.05 Å². The highest BCUT2D eigenvalue weighted by Gasteiger charge is 2.37. The smallest absolute Gasteiger partial charge is 0.376 e. The molecule has 1 aliphatic heterocycles. The summed E-state index contributed by atoms with van der Waals surface area (Å²) in [7, 11) is -2.21. The van der Waals surface area contributed by atoms with Gasteiger partial charge < -0.3 is 14.2 Å². The molecular formula is C28H33F3N4O3S. The summed E-state index contributed by atoms with van der Waals surface area (Å²) in [6, 6.07) is 9.26. The third-order valence-corrected chi connectivity index (χ3v) is 9.45. The molecule has 7 nitrogen and oxygen atoms in total. The Morgan fingerprint density at radius 3 is 2.44 bits per heavy atom. The molecule has 5 rings (SSSR count). The van der Waals surface area contributed by atoms with E-state index in [1.807, 2.05) is 42.9 Å². The van der Waals surface area contributed by atoms with Crippen LogP contribution in [0.1, 0.15) is 48.1 Å². The van der Waals surface area contributed by atoms with Crippen LogP contribution < -0.4 is 4.90 Å². The normalized spacial score (nSPS) is 19.3. The number of alkyl halides is 3. The summed E-state index contributed by atoms with van der Waals surface area (Å²) in [4.78, 5) is 6.51. The van der Waals surface area contributed by atoms with E-state index in [0.717, 1.165) is 72.5 Å². The van der Waals surface area contributed by atoms with Crippen LogP contribution in [0.5, 0.6) is 0 Å². The van der Waals surface area contributed by atoms with Crippen LogP contribution in [0.3, 0.4) is 0 Å². The highest BCUT2D eigenvalue weighted by molar-refractivity contribution is 7.89. The van der Waals surface area contributed by atoms with Gasteiger partial charge in [-0.1, -0.05) is 25.0 Å². The molecule has 3 aromatic rings. The lowest BCUT2D eigenvalue weighted by Gasteiger charge is -2.34. The Kier molecular flexibility index (Phi) is 7.76. The topological polar surface area (TPSA) is 67.7 Å². The molecule has 1 aromatic heterocycles. The van der Waals surface area contributed by atoms with Crippen LogP contribution in [0.4, 0.5) is 18.9 Å². The molecule has 2 aromatic carbocycles. The van der Waals surface area contributed by atoms with Gasteiger partial charge in [0, 0.05) is 32.0 Å². The van der Waals surface area contributed by atoms with Gasteiger partial charge in [0.15, 0.2) is 0 Å². The van der Waals surface area contributed by atoms with Gasteiger partial charge in [-0.2, -0.15) is 17.5 Å². The first-order valence-corrected chi connectivity index (χ1v) is 14.6. The monoisotopic (exact) mass is 562 g/mol. The SMILES string of the molecule is Cc1cccc2c1CN(S(=O)(=O)c1ccc(C(F)(F)F)cc1)CC(COC1CCCC1)N2Cc1cn(C)cn1. The van der Waals surface area contributed by atoms with Gasteiger partial charge in [0.2, 0.25) is 10.0 Å². The molecule has 0 radical (unpaired) electrons. The van der Waals surface area contributed by atoms with E-state index in [0.29, 0.717) is 13.2 Å². The molecule has 11 heteroatoms. The molecule has 0 N–H and O–H groups in total. The minimum Gasteiger partial charge on any atom is -0.376 e. The lowest BCUT2D eigenvalue weighted by molar-refractivity contribution is -0.137. The standard InChI is InChI=1S/C28H33F3N4O3S/c1-20-6-5-9-27-26(20)17-34(39(36,37)25-12-10-21(11-13-25)28(29,30)31)16-23(18-38-24-7-3-4-8-24)35(27)15-22-14-33(2)19-32-22/h5-6,9-14,19,23-24H,3-4,7-8,15-18H2,1-2H3. The van der Waals surface area contributed by atoms with E-state index in [2.05, 4.69) is 9.88 Å². The summed E-state index contributed by atoms with van der Waals surface area (Å²) in [6.07, 6.45) is 3.46. The number of hydrogen-bond acceptors (Lipinski definition) is 5. The number of benzene rings is 2. The second-order valence-electron chi connectivity index (χ2n) is 10.4. The zero-order chi connectivity index (χ0) is 27.8. The maximum Gasteiger partial charge on any atom is 0.416 e. The molecule has 2 heterocycles. The number of halogens is 3. The zero-order valence-corrected chi connectivity index (χ0v) is 22.9. The van der Waals surface area contributed by atoms with Crippen LogP contribution in [0, 0.1) is 6.92 Å². The summed E-state index contributed by atoms with van der Waals surface area (Å²) in [5, 5.41) is 0. The zero-order valence-electron chi connectivity index (χ0n) is 22.1. The average molecular weight is 563 g/mol. The molecule has 0 spiro atoms. The molecule has 2 aliphatic rings. The maximum absolute atomic E-state index is 13.9. The van der Waals surface area contributed by atoms with Gasteiger partial charge in [0.05, 0.1) is 47.8 Å². The molecule has 210 valence electrons. The summed E-state index contributed by atoms with van der Waals surface area (Å²) >= 11 is 0.